The van der Waals surface area contributed by atoms with Gasteiger partial charge in [-0.1, -0.05) is 222 Å². The topological polar surface area (TPSA) is 3.24 Å². The van der Waals surface area contributed by atoms with Crippen LogP contribution in [0.2, 0.25) is 0 Å². The van der Waals surface area contributed by atoms with Crippen LogP contribution in [-0.2, 0) is 16.2 Å². The van der Waals surface area contributed by atoms with Crippen LogP contribution in [0.15, 0.2) is 229 Å². The largest absolute Gasteiger partial charge is 0.310 e. The van der Waals surface area contributed by atoms with Gasteiger partial charge in [-0.3, -0.25) is 0 Å². The van der Waals surface area contributed by atoms with Gasteiger partial charge in [0.15, 0.2) is 0 Å². The maximum absolute atomic E-state index is 2.63. The standard InChI is InChI=1S/C65H57N/c1-42-39-40-63(6)53-25-16-15-24-52(53)60-57(38-35-49-41-43(2)58(42)61(63)64(49,60)7)66(50-36-31-45(32-37-50)44-29-33-46(34-30-44)62(3,4)5)56-28-18-27-55-59(56)51-23-14-17-26-54(51)65(55,47-19-10-8-11-20-47)48-21-12-9-13-22-48/h8-43H,1-7H3. The van der Waals surface area contributed by atoms with Crippen LogP contribution >= 0.6 is 0 Å². The minimum atomic E-state index is -0.523. The second-order valence-corrected chi connectivity index (χ2v) is 20.8. The molecule has 0 aromatic heterocycles. The second-order valence-electron chi connectivity index (χ2n) is 20.8. The van der Waals surface area contributed by atoms with Crippen LogP contribution in [0.4, 0.5) is 11.4 Å². The minimum Gasteiger partial charge on any atom is -0.310 e. The molecule has 7 aromatic rings. The lowest BCUT2D eigenvalue weighted by Crippen LogP contribution is -2.47. The molecule has 1 nitrogen and oxygen atoms in total. The van der Waals surface area contributed by atoms with E-state index in [9.17, 15) is 0 Å². The van der Waals surface area contributed by atoms with Gasteiger partial charge in [0.1, 0.15) is 0 Å². The van der Waals surface area contributed by atoms with Crippen LogP contribution in [-0.4, -0.2) is 0 Å². The Hall–Kier alpha value is -6.96. The Bertz CT molecular complexity index is 3220. The quantitative estimate of drug-likeness (QED) is 0.151. The summed E-state index contributed by atoms with van der Waals surface area (Å²) in [7, 11) is 0. The van der Waals surface area contributed by atoms with Crippen LogP contribution < -0.4 is 4.90 Å². The summed E-state index contributed by atoms with van der Waals surface area (Å²) in [6.45, 7) is 16.7. The zero-order chi connectivity index (χ0) is 45.2. The number of anilines is 2. The highest BCUT2D eigenvalue weighted by Gasteiger charge is 2.57. The summed E-state index contributed by atoms with van der Waals surface area (Å²) in [5.74, 6) is 0.705. The normalized spacial score (nSPS) is 22.9. The van der Waals surface area contributed by atoms with Crippen molar-refractivity contribution < 1.29 is 0 Å². The van der Waals surface area contributed by atoms with Gasteiger partial charge in [-0.25, -0.2) is 0 Å². The monoisotopic (exact) mass is 851 g/mol. The molecule has 7 aromatic carbocycles. The lowest BCUT2D eigenvalue weighted by Gasteiger charge is -2.57. The van der Waals surface area contributed by atoms with E-state index in [4.69, 9.17) is 0 Å². The fourth-order valence-electron chi connectivity index (χ4n) is 13.2. The summed E-state index contributed by atoms with van der Waals surface area (Å²) in [6, 6.07) is 66.5. The van der Waals surface area contributed by atoms with Gasteiger partial charge in [0.25, 0.3) is 0 Å². The van der Waals surface area contributed by atoms with E-state index >= 15 is 0 Å². The van der Waals surface area contributed by atoms with Gasteiger partial charge in [-0.2, -0.15) is 0 Å². The average molecular weight is 852 g/mol. The van der Waals surface area contributed by atoms with Gasteiger partial charge in [0, 0.05) is 22.1 Å². The fraction of sp³-hybridized carbons (Fsp3) is 0.200. The Morgan fingerprint density at radius 1 is 0.530 bits per heavy atom. The van der Waals surface area contributed by atoms with Crippen LogP contribution in [0, 0.1) is 17.3 Å². The third-order valence-electron chi connectivity index (χ3n) is 16.1. The summed E-state index contributed by atoms with van der Waals surface area (Å²) in [5.41, 5.74) is 22.7. The highest BCUT2D eigenvalue weighted by molar-refractivity contribution is 6.00. The highest BCUT2D eigenvalue weighted by Crippen LogP contribution is 2.68. The van der Waals surface area contributed by atoms with Crippen molar-refractivity contribution in [2.45, 2.75) is 64.7 Å². The Balaban J connectivity index is 1.17. The number of rotatable bonds is 6. The summed E-state index contributed by atoms with van der Waals surface area (Å²) in [4.78, 5) is 2.63. The Labute approximate surface area is 391 Å². The predicted molar refractivity (Wildman–Crippen MR) is 277 cm³/mol. The molecule has 322 valence electrons. The van der Waals surface area contributed by atoms with Crippen LogP contribution in [0.25, 0.3) is 27.8 Å². The first-order chi connectivity index (χ1) is 32.0. The first-order valence-corrected chi connectivity index (χ1v) is 24.0. The molecule has 1 heteroatoms. The predicted octanol–water partition coefficient (Wildman–Crippen LogP) is 16.5. The summed E-state index contributed by atoms with van der Waals surface area (Å²) < 4.78 is 0. The van der Waals surface area contributed by atoms with Crippen molar-refractivity contribution in [3.63, 3.8) is 0 Å². The summed E-state index contributed by atoms with van der Waals surface area (Å²) in [5, 5.41) is 0. The van der Waals surface area contributed by atoms with E-state index in [2.05, 4.69) is 260 Å². The highest BCUT2D eigenvalue weighted by atomic mass is 15.2. The van der Waals surface area contributed by atoms with Crippen molar-refractivity contribution in [1.29, 1.82) is 0 Å². The number of benzene rings is 7. The zero-order valence-corrected chi connectivity index (χ0v) is 39.2. The molecular formula is C65H57N. The molecule has 0 amide bonds. The Kier molecular flexibility index (Phi) is 8.92. The summed E-state index contributed by atoms with van der Waals surface area (Å²) in [6.07, 6.45) is 12.5. The van der Waals surface area contributed by atoms with E-state index in [0.29, 0.717) is 11.8 Å². The van der Waals surface area contributed by atoms with Crippen molar-refractivity contribution in [2.24, 2.45) is 17.3 Å². The molecule has 12 rings (SSSR count). The second kappa shape index (κ2) is 14.5. The van der Waals surface area contributed by atoms with Gasteiger partial charge in [-0.15, -0.1) is 0 Å². The van der Waals surface area contributed by atoms with Crippen molar-refractivity contribution in [3.05, 3.63) is 268 Å². The van der Waals surface area contributed by atoms with Crippen LogP contribution in [0.5, 0.6) is 0 Å². The maximum Gasteiger partial charge on any atom is 0.0714 e. The van der Waals surface area contributed by atoms with Crippen molar-refractivity contribution in [1.82, 2.24) is 0 Å². The van der Waals surface area contributed by atoms with E-state index < -0.39 is 5.41 Å². The maximum atomic E-state index is 2.63. The molecule has 0 N–H and O–H groups in total. The number of allylic oxidation sites excluding steroid dienone is 9. The van der Waals surface area contributed by atoms with Gasteiger partial charge < -0.3 is 4.90 Å². The van der Waals surface area contributed by atoms with E-state index in [0.717, 1.165) is 5.69 Å². The van der Waals surface area contributed by atoms with Gasteiger partial charge in [0.05, 0.1) is 16.8 Å². The van der Waals surface area contributed by atoms with Crippen molar-refractivity contribution in [3.8, 4) is 22.3 Å². The smallest absolute Gasteiger partial charge is 0.0714 e. The number of hydrogen-bond acceptors (Lipinski definition) is 1. The lowest BCUT2D eigenvalue weighted by atomic mass is 9.46. The van der Waals surface area contributed by atoms with E-state index in [-0.39, 0.29) is 16.2 Å². The summed E-state index contributed by atoms with van der Waals surface area (Å²) >= 11 is 0. The fourth-order valence-corrected chi connectivity index (χ4v) is 13.2. The van der Waals surface area contributed by atoms with Gasteiger partial charge in [-0.05, 0) is 128 Å². The third-order valence-corrected chi connectivity index (χ3v) is 16.1. The molecule has 0 heterocycles. The Morgan fingerprint density at radius 3 is 1.76 bits per heavy atom. The molecule has 5 aliphatic carbocycles. The Morgan fingerprint density at radius 2 is 1.11 bits per heavy atom. The number of fused-ring (bicyclic) bond motifs is 6. The van der Waals surface area contributed by atoms with E-state index in [1.807, 2.05) is 0 Å². The molecule has 4 atom stereocenters. The van der Waals surface area contributed by atoms with Gasteiger partial charge in [0.2, 0.25) is 0 Å². The SMILES string of the molecule is CC1C=CC2(C)C3=C1C(C)C=C1C=CC(N(c4ccc(-c5ccc(C(C)(C)C)cc5)cc4)c4cccc5c4-c4ccccc4C5(c4ccccc4)c4ccccc4)=C(c4ccccc42)C13C. The van der Waals surface area contributed by atoms with Crippen LogP contribution in [0.3, 0.4) is 0 Å². The number of hydrogen-bond donors (Lipinski definition) is 0. The lowest BCUT2D eigenvalue weighted by molar-refractivity contribution is 0.445. The first-order valence-electron chi connectivity index (χ1n) is 24.0. The van der Waals surface area contributed by atoms with Crippen molar-refractivity contribution >= 4 is 16.9 Å². The van der Waals surface area contributed by atoms with E-state index in [1.54, 1.807) is 11.1 Å². The molecule has 5 aliphatic rings. The molecular weight excluding hydrogens is 795 g/mol. The molecule has 0 bridgehead atoms. The molecule has 0 spiro atoms. The van der Waals surface area contributed by atoms with Gasteiger partial charge >= 0.3 is 0 Å². The molecule has 0 saturated heterocycles. The molecule has 66 heavy (non-hydrogen) atoms. The minimum absolute atomic E-state index is 0.0957. The molecule has 0 radical (unpaired) electrons. The molecule has 0 aliphatic heterocycles. The number of nitrogens with zero attached hydrogens (tertiary/aromatic N) is 1. The molecule has 4 unspecified atom stereocenters. The molecule has 0 saturated carbocycles. The molecule has 0 fully saturated rings. The first kappa shape index (κ1) is 40.5. The zero-order valence-electron chi connectivity index (χ0n) is 39.2. The van der Waals surface area contributed by atoms with E-state index in [1.165, 1.54) is 83.7 Å². The average Bonchev–Trinajstić information content (AvgIpc) is 3.65. The third kappa shape index (κ3) is 5.53. The van der Waals surface area contributed by atoms with Crippen LogP contribution in [0.1, 0.15) is 87.4 Å². The van der Waals surface area contributed by atoms with Crippen molar-refractivity contribution in [2.75, 3.05) is 4.90 Å².